The molecule has 4 heterocycles. The molecule has 10 nitrogen and oxygen atoms in total. The first kappa shape index (κ1) is 28.9. The minimum Gasteiger partial charge on any atom is -0.325 e. The molecule has 0 bridgehead atoms. The number of hydrogen-bond acceptors (Lipinski definition) is 7. The summed E-state index contributed by atoms with van der Waals surface area (Å²) in [4.78, 5) is 53.6. The summed E-state index contributed by atoms with van der Waals surface area (Å²) in [5, 5.41) is 6.74. The Bertz CT molecular complexity index is 1810. The average Bonchev–Trinajstić information content (AvgIpc) is 3.32. The van der Waals surface area contributed by atoms with E-state index in [9.17, 15) is 27.6 Å². The standard InChI is InChI=1S/C29H25BrF3N7O3/c1-14-4-7-22(30)36-26(14)37-27(43)20-9-28(3)10-21(28)40(20)23(41)13-39-19-6-5-16(17-11-34-15(2)35-12-17)8-18(19)24(38-39)25(42)29(31,32)33/h4-8,11-12,20-21H,9-10,13H2,1-3H3,(H,36,37,43)/t20-,21+,28-/m0/s1. The van der Waals surface area contributed by atoms with Gasteiger partial charge >= 0.3 is 6.18 Å². The monoisotopic (exact) mass is 655 g/mol. The predicted octanol–water partition coefficient (Wildman–Crippen LogP) is 5.03. The van der Waals surface area contributed by atoms with Gasteiger partial charge in [-0.3, -0.25) is 19.1 Å². The van der Waals surface area contributed by atoms with Crippen molar-refractivity contribution in [3.05, 3.63) is 64.4 Å². The smallest absolute Gasteiger partial charge is 0.325 e. The summed E-state index contributed by atoms with van der Waals surface area (Å²) in [6.07, 6.45) is -0.984. The number of piperidine rings is 1. The Balaban J connectivity index is 1.33. The molecule has 1 aliphatic heterocycles. The number of benzene rings is 1. The highest BCUT2D eigenvalue weighted by atomic mass is 79.9. The van der Waals surface area contributed by atoms with Crippen LogP contribution in [0.5, 0.6) is 0 Å². The van der Waals surface area contributed by atoms with Crippen LogP contribution in [0, 0.1) is 19.3 Å². The van der Waals surface area contributed by atoms with Crippen LogP contribution in [0.15, 0.2) is 47.3 Å². The third-order valence-electron chi connectivity index (χ3n) is 8.15. The first-order chi connectivity index (χ1) is 20.2. The highest BCUT2D eigenvalue weighted by Gasteiger charge is 2.64. The number of nitrogens with zero attached hydrogens (tertiary/aromatic N) is 6. The number of fused-ring (bicyclic) bond motifs is 2. The van der Waals surface area contributed by atoms with Gasteiger partial charge in [-0.15, -0.1) is 0 Å². The van der Waals surface area contributed by atoms with Gasteiger partial charge in [-0.2, -0.15) is 18.3 Å². The van der Waals surface area contributed by atoms with E-state index in [4.69, 9.17) is 0 Å². The van der Waals surface area contributed by atoms with Gasteiger partial charge in [0.05, 0.1) is 5.52 Å². The van der Waals surface area contributed by atoms with Crippen molar-refractivity contribution in [3.8, 4) is 11.1 Å². The maximum Gasteiger partial charge on any atom is 0.456 e. The number of aryl methyl sites for hydroxylation is 2. The Labute approximate surface area is 251 Å². The van der Waals surface area contributed by atoms with Crippen molar-refractivity contribution in [2.24, 2.45) is 5.41 Å². The summed E-state index contributed by atoms with van der Waals surface area (Å²) in [7, 11) is 0. The van der Waals surface area contributed by atoms with Gasteiger partial charge in [-0.1, -0.05) is 19.1 Å². The van der Waals surface area contributed by atoms with Crippen molar-refractivity contribution >= 4 is 50.2 Å². The number of halogens is 4. The molecule has 2 aliphatic rings. The third kappa shape index (κ3) is 5.28. The van der Waals surface area contributed by atoms with Crippen molar-refractivity contribution in [2.45, 2.75) is 58.4 Å². The molecular weight excluding hydrogens is 631 g/mol. The second-order valence-corrected chi connectivity index (χ2v) is 12.1. The zero-order valence-electron chi connectivity index (χ0n) is 23.2. The highest BCUT2D eigenvalue weighted by Crippen LogP contribution is 2.59. The van der Waals surface area contributed by atoms with E-state index in [0.29, 0.717) is 40.2 Å². The number of nitrogens with one attached hydrogen (secondary N) is 1. The molecule has 1 N–H and O–H groups in total. The van der Waals surface area contributed by atoms with Gasteiger partial charge in [0.25, 0.3) is 5.78 Å². The fourth-order valence-corrected chi connectivity index (χ4v) is 6.03. The summed E-state index contributed by atoms with van der Waals surface area (Å²) in [5.74, 6) is -2.13. The van der Waals surface area contributed by atoms with Crippen LogP contribution in [0.3, 0.4) is 0 Å². The van der Waals surface area contributed by atoms with Crippen LogP contribution < -0.4 is 5.32 Å². The van der Waals surface area contributed by atoms with E-state index in [-0.39, 0.29) is 22.4 Å². The summed E-state index contributed by atoms with van der Waals surface area (Å²) < 4.78 is 42.4. The maximum absolute atomic E-state index is 13.8. The molecule has 1 aliphatic carbocycles. The molecule has 1 aromatic carbocycles. The molecule has 6 rings (SSSR count). The maximum atomic E-state index is 13.8. The van der Waals surface area contributed by atoms with E-state index in [1.807, 2.05) is 6.92 Å². The van der Waals surface area contributed by atoms with Crippen LogP contribution in [0.1, 0.15) is 41.6 Å². The Morgan fingerprint density at radius 3 is 2.49 bits per heavy atom. The largest absolute Gasteiger partial charge is 0.456 e. The lowest BCUT2D eigenvalue weighted by molar-refractivity contribution is -0.138. The highest BCUT2D eigenvalue weighted by molar-refractivity contribution is 9.10. The fourth-order valence-electron chi connectivity index (χ4n) is 5.72. The topological polar surface area (TPSA) is 123 Å². The van der Waals surface area contributed by atoms with Crippen LogP contribution in [-0.2, 0) is 16.1 Å². The zero-order chi connectivity index (χ0) is 30.8. The number of carbonyl (C=O) groups excluding carboxylic acids is 3. The quantitative estimate of drug-likeness (QED) is 0.228. The van der Waals surface area contributed by atoms with E-state index in [1.165, 1.54) is 29.4 Å². The number of carbonyl (C=O) groups is 3. The van der Waals surface area contributed by atoms with Crippen LogP contribution in [0.2, 0.25) is 0 Å². The molecule has 2 fully saturated rings. The van der Waals surface area contributed by atoms with Gasteiger partial charge < -0.3 is 10.2 Å². The second kappa shape index (κ2) is 10.2. The SMILES string of the molecule is Cc1ncc(-c2ccc3c(c2)c(C(=O)C(F)(F)F)nn3CC(=O)N2[C@H](C(=O)Nc3nc(Br)ccc3C)C[C@@]3(C)C[C@@H]23)cn1. The van der Waals surface area contributed by atoms with Gasteiger partial charge in [0.2, 0.25) is 11.8 Å². The number of anilines is 1. The van der Waals surface area contributed by atoms with Gasteiger partial charge in [0, 0.05) is 29.4 Å². The van der Waals surface area contributed by atoms with Crippen LogP contribution in [0.25, 0.3) is 22.0 Å². The number of hydrogen-bond donors (Lipinski definition) is 1. The summed E-state index contributed by atoms with van der Waals surface area (Å²) in [5.41, 5.74) is 0.877. The Morgan fingerprint density at radius 2 is 1.79 bits per heavy atom. The molecule has 222 valence electrons. The van der Waals surface area contributed by atoms with Crippen molar-refractivity contribution in [1.29, 1.82) is 0 Å². The van der Waals surface area contributed by atoms with E-state index < -0.39 is 42.1 Å². The molecular formula is C29H25BrF3N7O3. The molecule has 1 saturated heterocycles. The van der Waals surface area contributed by atoms with Gasteiger partial charge in [-0.25, -0.2) is 15.0 Å². The van der Waals surface area contributed by atoms with Crippen molar-refractivity contribution in [1.82, 2.24) is 29.6 Å². The molecule has 43 heavy (non-hydrogen) atoms. The second-order valence-electron chi connectivity index (χ2n) is 11.3. The number of alkyl halides is 3. The Kier molecular flexibility index (Phi) is 6.86. The van der Waals surface area contributed by atoms with Crippen LogP contribution in [0.4, 0.5) is 19.0 Å². The third-order valence-corrected chi connectivity index (χ3v) is 8.59. The van der Waals surface area contributed by atoms with Crippen molar-refractivity contribution < 1.29 is 27.6 Å². The lowest BCUT2D eigenvalue weighted by Crippen LogP contribution is -2.47. The number of pyridine rings is 1. The first-order valence-corrected chi connectivity index (χ1v) is 14.2. The molecule has 3 aromatic heterocycles. The summed E-state index contributed by atoms with van der Waals surface area (Å²) in [6.45, 7) is 5.03. The van der Waals surface area contributed by atoms with Gasteiger partial charge in [-0.05, 0) is 77.4 Å². The lowest BCUT2D eigenvalue weighted by Gasteiger charge is -2.27. The Hall–Kier alpha value is -4.20. The van der Waals surface area contributed by atoms with E-state index in [0.717, 1.165) is 10.2 Å². The minimum absolute atomic E-state index is 0.0589. The van der Waals surface area contributed by atoms with Crippen LogP contribution >= 0.6 is 15.9 Å². The zero-order valence-corrected chi connectivity index (χ0v) is 24.8. The summed E-state index contributed by atoms with van der Waals surface area (Å²) >= 11 is 3.29. The Morgan fingerprint density at radius 1 is 1.07 bits per heavy atom. The average molecular weight is 656 g/mol. The van der Waals surface area contributed by atoms with E-state index in [2.05, 4.69) is 41.3 Å². The summed E-state index contributed by atoms with van der Waals surface area (Å²) in [6, 6.07) is 7.10. The molecule has 14 heteroatoms. The van der Waals surface area contributed by atoms with E-state index in [1.54, 1.807) is 32.0 Å². The molecule has 0 unspecified atom stereocenters. The molecule has 1 saturated carbocycles. The van der Waals surface area contributed by atoms with Crippen molar-refractivity contribution in [2.75, 3.05) is 5.32 Å². The van der Waals surface area contributed by atoms with E-state index >= 15 is 0 Å². The van der Waals surface area contributed by atoms with Gasteiger partial charge in [0.1, 0.15) is 34.5 Å². The number of likely N-dealkylation sites (tertiary alicyclic amines) is 1. The molecule has 4 aromatic rings. The predicted molar refractivity (Wildman–Crippen MR) is 153 cm³/mol. The molecule has 3 atom stereocenters. The number of rotatable bonds is 6. The lowest BCUT2D eigenvalue weighted by atomic mass is 10.0. The number of amides is 2. The normalized spacial score (nSPS) is 21.1. The fraction of sp³-hybridized carbons (Fsp3) is 0.345. The number of ketones is 1. The molecule has 0 spiro atoms. The first-order valence-electron chi connectivity index (χ1n) is 13.4. The number of aromatic nitrogens is 5. The van der Waals surface area contributed by atoms with Crippen molar-refractivity contribution in [3.63, 3.8) is 0 Å². The van der Waals surface area contributed by atoms with Crippen LogP contribution in [-0.4, -0.2) is 65.5 Å². The molecule has 0 radical (unpaired) electrons. The molecule has 2 amide bonds. The minimum atomic E-state index is -5.17. The number of Topliss-reactive ketones (excluding diaryl/α,β-unsaturated/α-hetero) is 1. The van der Waals surface area contributed by atoms with Gasteiger partial charge in [0.15, 0.2) is 0 Å².